The van der Waals surface area contributed by atoms with Gasteiger partial charge in [0.2, 0.25) is 5.91 Å². The molecule has 1 amide bonds. The van der Waals surface area contributed by atoms with Crippen LogP contribution in [0, 0.1) is 0 Å². The second-order valence-electron chi connectivity index (χ2n) is 9.35. The maximum atomic E-state index is 15.6. The minimum Gasteiger partial charge on any atom is -0.326 e. The van der Waals surface area contributed by atoms with Crippen LogP contribution in [0.3, 0.4) is 0 Å². The summed E-state index contributed by atoms with van der Waals surface area (Å²) in [6.07, 6.45) is 0. The standard InChI is InChI=1S/C34H26NO2P/c1-24(36)35-31-22-20-25-12-8-10-18-29(25)33(31)34-30-19-11-9-13-26(30)21-23-32(34)38(37,27-14-4-2-5-15-27)28-16-6-3-7-17-28/h2-23H,1H3,(H,35,36). The molecule has 184 valence electrons. The second-order valence-corrected chi connectivity index (χ2v) is 12.1. The van der Waals surface area contributed by atoms with Crippen LogP contribution >= 0.6 is 7.14 Å². The molecule has 4 heteroatoms. The first-order valence-corrected chi connectivity index (χ1v) is 14.3. The van der Waals surface area contributed by atoms with Gasteiger partial charge in [-0.3, -0.25) is 4.79 Å². The van der Waals surface area contributed by atoms with Crippen molar-refractivity contribution in [2.75, 3.05) is 5.32 Å². The van der Waals surface area contributed by atoms with Gasteiger partial charge in [-0.15, -0.1) is 0 Å². The van der Waals surface area contributed by atoms with Gasteiger partial charge in [0, 0.05) is 39.7 Å². The van der Waals surface area contributed by atoms with Crippen LogP contribution in [0.5, 0.6) is 0 Å². The first kappa shape index (κ1) is 23.9. The normalized spacial score (nSPS) is 11.5. The molecule has 3 nitrogen and oxygen atoms in total. The minimum atomic E-state index is -3.33. The molecule has 0 saturated heterocycles. The summed E-state index contributed by atoms with van der Waals surface area (Å²) in [5, 5.41) is 9.40. The molecule has 0 spiro atoms. The first-order chi connectivity index (χ1) is 18.6. The van der Waals surface area contributed by atoms with Crippen LogP contribution in [0.1, 0.15) is 6.92 Å². The Morgan fingerprint density at radius 2 is 1.03 bits per heavy atom. The third-order valence-corrected chi connectivity index (χ3v) is 10.1. The largest absolute Gasteiger partial charge is 0.326 e. The molecular weight excluding hydrogens is 485 g/mol. The third kappa shape index (κ3) is 4.02. The predicted octanol–water partition coefficient (Wildman–Crippen LogP) is 7.26. The lowest BCUT2D eigenvalue weighted by Gasteiger charge is -2.26. The molecular formula is C34H26NO2P. The highest BCUT2D eigenvalue weighted by atomic mass is 31.2. The SMILES string of the molecule is CC(=O)Nc1ccc2ccccc2c1-c1c(P(=O)(c2ccccc2)c2ccccc2)ccc2ccccc12. The van der Waals surface area contributed by atoms with E-state index in [1.54, 1.807) is 0 Å². The fourth-order valence-electron chi connectivity index (χ4n) is 5.32. The molecule has 0 saturated carbocycles. The van der Waals surface area contributed by atoms with Gasteiger partial charge in [-0.2, -0.15) is 0 Å². The van der Waals surface area contributed by atoms with Crippen molar-refractivity contribution in [2.45, 2.75) is 6.92 Å². The lowest BCUT2D eigenvalue weighted by molar-refractivity contribution is -0.114. The van der Waals surface area contributed by atoms with E-state index < -0.39 is 7.14 Å². The van der Waals surface area contributed by atoms with Gasteiger partial charge in [0.25, 0.3) is 0 Å². The Hall–Kier alpha value is -4.46. The fourth-order valence-corrected chi connectivity index (χ4v) is 8.19. The Kier molecular flexibility index (Phi) is 6.15. The van der Waals surface area contributed by atoms with E-state index in [-0.39, 0.29) is 5.91 Å². The van der Waals surface area contributed by atoms with Gasteiger partial charge < -0.3 is 9.88 Å². The second kappa shape index (κ2) is 9.78. The molecule has 0 atom stereocenters. The number of rotatable bonds is 5. The van der Waals surface area contributed by atoms with E-state index in [1.807, 2.05) is 103 Å². The van der Waals surface area contributed by atoms with Gasteiger partial charge in [0.05, 0.1) is 0 Å². The summed E-state index contributed by atoms with van der Waals surface area (Å²) in [4.78, 5) is 12.4. The van der Waals surface area contributed by atoms with Crippen molar-refractivity contribution in [3.05, 3.63) is 133 Å². The average Bonchev–Trinajstić information content (AvgIpc) is 2.97. The fraction of sp³-hybridized carbons (Fsp3) is 0.0294. The van der Waals surface area contributed by atoms with Gasteiger partial charge in [-0.05, 0) is 33.7 Å². The van der Waals surface area contributed by atoms with Crippen LogP contribution in [0.4, 0.5) is 5.69 Å². The highest BCUT2D eigenvalue weighted by molar-refractivity contribution is 7.85. The number of carbonyl (C=O) groups excluding carboxylic acids is 1. The summed E-state index contributed by atoms with van der Waals surface area (Å²) >= 11 is 0. The molecule has 0 bridgehead atoms. The van der Waals surface area contributed by atoms with Crippen molar-refractivity contribution in [2.24, 2.45) is 0 Å². The van der Waals surface area contributed by atoms with Crippen LogP contribution in [-0.4, -0.2) is 5.91 Å². The van der Waals surface area contributed by atoms with E-state index in [4.69, 9.17) is 0 Å². The van der Waals surface area contributed by atoms with Crippen molar-refractivity contribution in [3.8, 4) is 11.1 Å². The summed E-state index contributed by atoms with van der Waals surface area (Å²) in [6.45, 7) is 1.52. The average molecular weight is 512 g/mol. The molecule has 6 aromatic carbocycles. The van der Waals surface area contributed by atoms with Crippen molar-refractivity contribution >= 4 is 56.2 Å². The molecule has 6 rings (SSSR count). The number of amides is 1. The van der Waals surface area contributed by atoms with Crippen LogP contribution in [0.15, 0.2) is 133 Å². The minimum absolute atomic E-state index is 0.155. The summed E-state index contributed by atoms with van der Waals surface area (Å²) in [5.41, 5.74) is 2.44. The molecule has 38 heavy (non-hydrogen) atoms. The monoisotopic (exact) mass is 511 g/mol. The Bertz CT molecular complexity index is 1800. The topological polar surface area (TPSA) is 46.2 Å². The highest BCUT2D eigenvalue weighted by Gasteiger charge is 2.34. The zero-order chi connectivity index (χ0) is 26.1. The maximum Gasteiger partial charge on any atom is 0.221 e. The Morgan fingerprint density at radius 3 is 1.58 bits per heavy atom. The Labute approximate surface area is 222 Å². The van der Waals surface area contributed by atoms with Crippen LogP contribution in [-0.2, 0) is 9.36 Å². The number of hydrogen-bond acceptors (Lipinski definition) is 2. The van der Waals surface area contributed by atoms with Crippen molar-refractivity contribution in [1.29, 1.82) is 0 Å². The van der Waals surface area contributed by atoms with Crippen LogP contribution < -0.4 is 21.2 Å². The Balaban J connectivity index is 1.82. The smallest absolute Gasteiger partial charge is 0.221 e. The summed E-state index contributed by atoms with van der Waals surface area (Å²) in [6, 6.07) is 43.8. The summed E-state index contributed by atoms with van der Waals surface area (Å²) in [5.74, 6) is -0.155. The summed E-state index contributed by atoms with van der Waals surface area (Å²) in [7, 11) is -3.33. The van der Waals surface area contributed by atoms with Gasteiger partial charge in [-0.25, -0.2) is 0 Å². The number of nitrogens with one attached hydrogen (secondary N) is 1. The molecule has 1 N–H and O–H groups in total. The molecule has 0 aliphatic carbocycles. The molecule has 0 heterocycles. The lowest BCUT2D eigenvalue weighted by Crippen LogP contribution is -2.26. The number of carbonyl (C=O) groups is 1. The molecule has 0 fully saturated rings. The number of anilines is 1. The molecule has 0 aliphatic rings. The quantitative estimate of drug-likeness (QED) is 0.248. The molecule has 0 aliphatic heterocycles. The molecule has 0 radical (unpaired) electrons. The third-order valence-electron chi connectivity index (χ3n) is 6.98. The lowest BCUT2D eigenvalue weighted by atomic mass is 9.92. The van der Waals surface area contributed by atoms with E-state index >= 15 is 4.57 Å². The van der Waals surface area contributed by atoms with E-state index in [0.717, 1.165) is 48.6 Å². The predicted molar refractivity (Wildman–Crippen MR) is 161 cm³/mol. The van der Waals surface area contributed by atoms with Crippen LogP contribution in [0.25, 0.3) is 32.7 Å². The number of benzene rings is 6. The first-order valence-electron chi connectivity index (χ1n) is 12.6. The Morgan fingerprint density at radius 1 is 0.553 bits per heavy atom. The molecule has 0 aromatic heterocycles. The maximum absolute atomic E-state index is 15.6. The van der Waals surface area contributed by atoms with E-state index in [1.165, 1.54) is 6.92 Å². The molecule has 0 unspecified atom stereocenters. The van der Waals surface area contributed by atoms with Crippen molar-refractivity contribution in [1.82, 2.24) is 0 Å². The summed E-state index contributed by atoms with van der Waals surface area (Å²) < 4.78 is 15.6. The van der Waals surface area contributed by atoms with E-state index in [0.29, 0.717) is 5.69 Å². The zero-order valence-corrected chi connectivity index (χ0v) is 21.9. The van der Waals surface area contributed by atoms with E-state index in [2.05, 4.69) is 35.6 Å². The number of fused-ring (bicyclic) bond motifs is 2. The number of hydrogen-bond donors (Lipinski definition) is 1. The van der Waals surface area contributed by atoms with Gasteiger partial charge >= 0.3 is 0 Å². The van der Waals surface area contributed by atoms with E-state index in [9.17, 15) is 4.79 Å². The van der Waals surface area contributed by atoms with Crippen LogP contribution in [0.2, 0.25) is 0 Å². The zero-order valence-electron chi connectivity index (χ0n) is 21.0. The van der Waals surface area contributed by atoms with Gasteiger partial charge in [0.1, 0.15) is 0 Å². The van der Waals surface area contributed by atoms with Gasteiger partial charge in [0.15, 0.2) is 7.14 Å². The van der Waals surface area contributed by atoms with Crippen molar-refractivity contribution in [3.63, 3.8) is 0 Å². The molecule has 6 aromatic rings. The van der Waals surface area contributed by atoms with Gasteiger partial charge in [-0.1, -0.05) is 121 Å². The highest BCUT2D eigenvalue weighted by Crippen LogP contribution is 2.49. The van der Waals surface area contributed by atoms with Crippen molar-refractivity contribution < 1.29 is 9.36 Å².